The van der Waals surface area contributed by atoms with Gasteiger partial charge in [-0.05, 0) is 67.7 Å². The van der Waals surface area contributed by atoms with Crippen molar-refractivity contribution < 1.29 is 4.79 Å². The van der Waals surface area contributed by atoms with Gasteiger partial charge in [0.05, 0.1) is 29.2 Å². The molecule has 136 valence electrons. The van der Waals surface area contributed by atoms with E-state index < -0.39 is 0 Å². The van der Waals surface area contributed by atoms with Crippen LogP contribution in [0.1, 0.15) is 27.7 Å². The third-order valence-electron chi connectivity index (χ3n) is 4.33. The SMILES string of the molecule is Cc1c(C(=O)NC[C@@H](c2ccsc2)N(C)C)cnn1-c1ccc(Br)cc1. The molecule has 1 amide bonds. The summed E-state index contributed by atoms with van der Waals surface area (Å²) in [6.45, 7) is 2.46. The Morgan fingerprint density at radius 3 is 2.65 bits per heavy atom. The van der Waals surface area contributed by atoms with Gasteiger partial charge in [0, 0.05) is 11.0 Å². The Balaban J connectivity index is 1.73. The summed E-state index contributed by atoms with van der Waals surface area (Å²) in [6, 6.07) is 10.1. The summed E-state index contributed by atoms with van der Waals surface area (Å²) in [6.07, 6.45) is 1.63. The molecule has 7 heteroatoms. The van der Waals surface area contributed by atoms with E-state index in [-0.39, 0.29) is 11.9 Å². The molecule has 2 heterocycles. The smallest absolute Gasteiger partial charge is 0.254 e. The van der Waals surface area contributed by atoms with E-state index in [1.54, 1.807) is 22.2 Å². The summed E-state index contributed by atoms with van der Waals surface area (Å²) in [4.78, 5) is 14.8. The molecule has 1 N–H and O–H groups in total. The molecule has 3 rings (SSSR count). The maximum Gasteiger partial charge on any atom is 0.254 e. The lowest BCUT2D eigenvalue weighted by atomic mass is 10.1. The number of likely N-dealkylation sites (N-methyl/N-ethyl adjacent to an activating group) is 1. The zero-order chi connectivity index (χ0) is 18.7. The topological polar surface area (TPSA) is 50.2 Å². The van der Waals surface area contributed by atoms with Crippen LogP contribution in [0.15, 0.2) is 51.8 Å². The van der Waals surface area contributed by atoms with Gasteiger partial charge in [0.15, 0.2) is 0 Å². The third kappa shape index (κ3) is 4.06. The van der Waals surface area contributed by atoms with Gasteiger partial charge >= 0.3 is 0 Å². The standard InChI is InChI=1S/C19H21BrN4OS/c1-13-17(10-22-24(13)16-6-4-15(20)5-7-16)19(25)21-11-18(23(2)3)14-8-9-26-12-14/h4-10,12,18H,11H2,1-3H3,(H,21,25)/t18-/m0/s1. The molecule has 0 aliphatic heterocycles. The molecular formula is C19H21BrN4OS. The Labute approximate surface area is 165 Å². The fourth-order valence-electron chi connectivity index (χ4n) is 2.82. The molecule has 0 bridgehead atoms. The van der Waals surface area contributed by atoms with Crippen molar-refractivity contribution in [2.75, 3.05) is 20.6 Å². The lowest BCUT2D eigenvalue weighted by molar-refractivity contribution is 0.0941. The highest BCUT2D eigenvalue weighted by Gasteiger charge is 2.19. The quantitative estimate of drug-likeness (QED) is 0.639. The second-order valence-corrected chi connectivity index (χ2v) is 7.97. The molecule has 0 saturated carbocycles. The van der Waals surface area contributed by atoms with Crippen molar-refractivity contribution in [2.24, 2.45) is 0 Å². The number of nitrogens with zero attached hydrogens (tertiary/aromatic N) is 3. The number of carbonyl (C=O) groups is 1. The van der Waals surface area contributed by atoms with E-state index in [1.807, 2.05) is 45.3 Å². The van der Waals surface area contributed by atoms with E-state index in [2.05, 4.69) is 48.1 Å². The van der Waals surface area contributed by atoms with Gasteiger partial charge in [0.2, 0.25) is 0 Å². The van der Waals surface area contributed by atoms with Gasteiger partial charge in [-0.1, -0.05) is 15.9 Å². The molecule has 0 radical (unpaired) electrons. The molecular weight excluding hydrogens is 412 g/mol. The lowest BCUT2D eigenvalue weighted by Gasteiger charge is -2.24. The van der Waals surface area contributed by atoms with E-state index in [9.17, 15) is 4.79 Å². The third-order valence-corrected chi connectivity index (χ3v) is 5.56. The minimum atomic E-state index is -0.104. The largest absolute Gasteiger partial charge is 0.350 e. The molecule has 5 nitrogen and oxygen atoms in total. The first kappa shape index (κ1) is 18.8. The van der Waals surface area contributed by atoms with E-state index in [0.717, 1.165) is 15.9 Å². The normalized spacial score (nSPS) is 12.3. The molecule has 0 fully saturated rings. The lowest BCUT2D eigenvalue weighted by Crippen LogP contribution is -2.34. The van der Waals surface area contributed by atoms with Crippen LogP contribution in [0.2, 0.25) is 0 Å². The first-order valence-electron chi connectivity index (χ1n) is 8.24. The van der Waals surface area contributed by atoms with Crippen LogP contribution in [0, 0.1) is 6.92 Å². The van der Waals surface area contributed by atoms with Gasteiger partial charge in [-0.15, -0.1) is 0 Å². The maximum atomic E-state index is 12.7. The van der Waals surface area contributed by atoms with Crippen LogP contribution in [0.25, 0.3) is 5.69 Å². The highest BCUT2D eigenvalue weighted by atomic mass is 79.9. The number of nitrogens with one attached hydrogen (secondary N) is 1. The van der Waals surface area contributed by atoms with Gasteiger partial charge in [-0.2, -0.15) is 16.4 Å². The Kier molecular flexibility index (Phi) is 5.90. The Morgan fingerprint density at radius 1 is 1.31 bits per heavy atom. The van der Waals surface area contributed by atoms with Crippen molar-refractivity contribution in [1.29, 1.82) is 0 Å². The summed E-state index contributed by atoms with van der Waals surface area (Å²) in [5.74, 6) is -0.104. The number of aromatic nitrogens is 2. The van der Waals surface area contributed by atoms with Gasteiger partial charge < -0.3 is 10.2 Å². The summed E-state index contributed by atoms with van der Waals surface area (Å²) < 4.78 is 2.79. The monoisotopic (exact) mass is 432 g/mol. The van der Waals surface area contributed by atoms with Crippen molar-refractivity contribution in [3.8, 4) is 5.69 Å². The number of thiophene rings is 1. The Hall–Kier alpha value is -1.96. The molecule has 0 aliphatic rings. The molecule has 26 heavy (non-hydrogen) atoms. The minimum absolute atomic E-state index is 0.104. The zero-order valence-electron chi connectivity index (χ0n) is 14.9. The fraction of sp³-hybridized carbons (Fsp3) is 0.263. The van der Waals surface area contributed by atoms with Crippen molar-refractivity contribution in [1.82, 2.24) is 20.0 Å². The number of hydrogen-bond acceptors (Lipinski definition) is 4. The van der Waals surface area contributed by atoms with Crippen LogP contribution in [0.5, 0.6) is 0 Å². The van der Waals surface area contributed by atoms with Gasteiger partial charge in [-0.25, -0.2) is 4.68 Å². The van der Waals surface area contributed by atoms with E-state index in [4.69, 9.17) is 0 Å². The van der Waals surface area contributed by atoms with Crippen molar-refractivity contribution in [3.63, 3.8) is 0 Å². The van der Waals surface area contributed by atoms with Crippen molar-refractivity contribution >= 4 is 33.2 Å². The first-order chi connectivity index (χ1) is 12.5. The van der Waals surface area contributed by atoms with Gasteiger partial charge in [-0.3, -0.25) is 4.79 Å². The minimum Gasteiger partial charge on any atom is -0.350 e. The highest BCUT2D eigenvalue weighted by molar-refractivity contribution is 9.10. The molecule has 0 saturated heterocycles. The molecule has 0 aliphatic carbocycles. The summed E-state index contributed by atoms with van der Waals surface area (Å²) in [5.41, 5.74) is 3.55. The second kappa shape index (κ2) is 8.16. The number of rotatable bonds is 6. The van der Waals surface area contributed by atoms with Crippen LogP contribution >= 0.6 is 27.3 Å². The molecule has 3 aromatic rings. The van der Waals surface area contributed by atoms with E-state index in [1.165, 1.54) is 5.56 Å². The second-order valence-electron chi connectivity index (χ2n) is 6.28. The average molecular weight is 433 g/mol. The molecule has 1 atom stereocenters. The molecule has 0 unspecified atom stereocenters. The molecule has 1 aromatic carbocycles. The van der Waals surface area contributed by atoms with E-state index in [0.29, 0.717) is 12.1 Å². The average Bonchev–Trinajstić information content (AvgIpc) is 3.25. The van der Waals surface area contributed by atoms with Crippen LogP contribution < -0.4 is 5.32 Å². The molecule has 0 spiro atoms. The Bertz CT molecular complexity index is 872. The van der Waals surface area contributed by atoms with Crippen molar-refractivity contribution in [2.45, 2.75) is 13.0 Å². The summed E-state index contributed by atoms with van der Waals surface area (Å²) in [5, 5.41) is 11.6. The van der Waals surface area contributed by atoms with Crippen LogP contribution in [-0.2, 0) is 0 Å². The highest BCUT2D eigenvalue weighted by Crippen LogP contribution is 2.21. The number of carbonyl (C=O) groups excluding carboxylic acids is 1. The number of halogens is 1. The maximum absolute atomic E-state index is 12.7. The summed E-state index contributed by atoms with van der Waals surface area (Å²) >= 11 is 5.09. The van der Waals surface area contributed by atoms with E-state index >= 15 is 0 Å². The van der Waals surface area contributed by atoms with Gasteiger partial charge in [0.1, 0.15) is 0 Å². The van der Waals surface area contributed by atoms with Gasteiger partial charge in [0.25, 0.3) is 5.91 Å². The number of hydrogen-bond donors (Lipinski definition) is 1. The predicted octanol–water partition coefficient (Wildman–Crippen LogP) is 4.04. The fourth-order valence-corrected chi connectivity index (χ4v) is 3.79. The predicted molar refractivity (Wildman–Crippen MR) is 109 cm³/mol. The first-order valence-corrected chi connectivity index (χ1v) is 9.98. The summed E-state index contributed by atoms with van der Waals surface area (Å²) in [7, 11) is 4.04. The Morgan fingerprint density at radius 2 is 2.04 bits per heavy atom. The van der Waals surface area contributed by atoms with Crippen LogP contribution in [-0.4, -0.2) is 41.2 Å². The van der Waals surface area contributed by atoms with Crippen LogP contribution in [0.4, 0.5) is 0 Å². The van der Waals surface area contributed by atoms with Crippen LogP contribution in [0.3, 0.4) is 0 Å². The number of benzene rings is 1. The number of amides is 1. The molecule has 2 aromatic heterocycles. The zero-order valence-corrected chi connectivity index (χ0v) is 17.3. The van der Waals surface area contributed by atoms with Crippen molar-refractivity contribution in [3.05, 3.63) is 68.6 Å².